The summed E-state index contributed by atoms with van der Waals surface area (Å²) in [5, 5.41) is 7.35. The number of carbonyl (C=O) groups excluding carboxylic acids is 2. The van der Waals surface area contributed by atoms with Crippen molar-refractivity contribution in [3.8, 4) is 0 Å². The minimum Gasteiger partial charge on any atom is -0.335 e. The quantitative estimate of drug-likeness (QED) is 0.728. The summed E-state index contributed by atoms with van der Waals surface area (Å²) < 4.78 is 0. The van der Waals surface area contributed by atoms with Crippen LogP contribution >= 0.6 is 0 Å². The second-order valence-electron chi connectivity index (χ2n) is 8.06. The molecular weight excluding hydrogens is 362 g/mol. The van der Waals surface area contributed by atoms with Gasteiger partial charge in [0.2, 0.25) is 5.91 Å². The van der Waals surface area contributed by atoms with Gasteiger partial charge in [0.15, 0.2) is 0 Å². The molecule has 1 fully saturated rings. The second kappa shape index (κ2) is 8.19. The lowest BCUT2D eigenvalue weighted by Gasteiger charge is -2.26. The van der Waals surface area contributed by atoms with Gasteiger partial charge >= 0.3 is 0 Å². The Balaban J connectivity index is 1.40. The molecule has 1 amide bonds. The van der Waals surface area contributed by atoms with Gasteiger partial charge in [0.05, 0.1) is 5.69 Å². The molecule has 1 aliphatic heterocycles. The molecule has 2 heterocycles. The summed E-state index contributed by atoms with van der Waals surface area (Å²) in [5.41, 5.74) is 5.24. The minimum atomic E-state index is -0.170. The summed E-state index contributed by atoms with van der Waals surface area (Å²) in [4.78, 5) is 26.4. The predicted octanol–water partition coefficient (Wildman–Crippen LogP) is 4.00. The fraction of sp³-hybridized carbons (Fsp3) is 0.375. The maximum atomic E-state index is 12.7. The highest BCUT2D eigenvalue weighted by molar-refractivity contribution is 5.89. The number of Topliss-reactive ketones (excluding diaryl/α,β-unsaturated/α-hetero) is 1. The lowest BCUT2D eigenvalue weighted by atomic mass is 9.92. The normalized spacial score (nSPS) is 17.6. The van der Waals surface area contributed by atoms with Crippen LogP contribution in [0.15, 0.2) is 49.1 Å². The summed E-state index contributed by atoms with van der Waals surface area (Å²) >= 11 is 0. The molecule has 1 aliphatic carbocycles. The van der Waals surface area contributed by atoms with E-state index in [0.717, 1.165) is 41.1 Å². The standard InChI is InChI=1S/C24H27N3O2/c1-3-24(29)27-12-4-5-20(15-27)18-8-6-17(7-9-18)16(2)23(28)14-21-13-22(26-25-21)19-10-11-19/h3,5-9,13,16,19H,1,4,10-12,14-15H2,2H3,(H,25,26)/t16-/m0/s1. The van der Waals surface area contributed by atoms with Crippen LogP contribution in [-0.4, -0.2) is 39.9 Å². The van der Waals surface area contributed by atoms with Gasteiger partial charge in [-0.15, -0.1) is 0 Å². The van der Waals surface area contributed by atoms with E-state index >= 15 is 0 Å². The molecule has 0 radical (unpaired) electrons. The molecule has 1 saturated carbocycles. The zero-order chi connectivity index (χ0) is 20.4. The van der Waals surface area contributed by atoms with Gasteiger partial charge in [-0.1, -0.05) is 43.8 Å². The first-order chi connectivity index (χ1) is 14.0. The highest BCUT2D eigenvalue weighted by Gasteiger charge is 2.26. The highest BCUT2D eigenvalue weighted by Crippen LogP contribution is 2.39. The number of ketones is 1. The van der Waals surface area contributed by atoms with E-state index in [2.05, 4.69) is 22.9 Å². The first-order valence-electron chi connectivity index (χ1n) is 10.3. The molecule has 2 aromatic rings. The first kappa shape index (κ1) is 19.4. The van der Waals surface area contributed by atoms with E-state index in [1.54, 1.807) is 0 Å². The van der Waals surface area contributed by atoms with E-state index in [4.69, 9.17) is 0 Å². The number of rotatable bonds is 7. The fourth-order valence-electron chi connectivity index (χ4n) is 3.84. The van der Waals surface area contributed by atoms with Crippen LogP contribution in [0.25, 0.3) is 5.57 Å². The molecule has 5 heteroatoms. The van der Waals surface area contributed by atoms with Crippen molar-refractivity contribution in [3.63, 3.8) is 0 Å². The third-order valence-electron chi connectivity index (χ3n) is 5.91. The number of carbonyl (C=O) groups is 2. The van der Waals surface area contributed by atoms with Crippen molar-refractivity contribution in [1.29, 1.82) is 0 Å². The number of H-pyrrole nitrogens is 1. The molecule has 0 saturated heterocycles. The minimum absolute atomic E-state index is 0.0323. The van der Waals surface area contributed by atoms with Crippen molar-refractivity contribution < 1.29 is 9.59 Å². The van der Waals surface area contributed by atoms with E-state index in [0.29, 0.717) is 18.9 Å². The third kappa shape index (κ3) is 4.39. The van der Waals surface area contributed by atoms with E-state index in [1.165, 1.54) is 18.9 Å². The van der Waals surface area contributed by atoms with Crippen molar-refractivity contribution in [2.45, 2.75) is 44.4 Å². The average molecular weight is 389 g/mol. The Bertz CT molecular complexity index is 951. The number of benzene rings is 1. The van der Waals surface area contributed by atoms with Crippen LogP contribution in [0.1, 0.15) is 60.5 Å². The molecule has 1 aromatic carbocycles. The summed E-state index contributed by atoms with van der Waals surface area (Å²) in [6.07, 6.45) is 7.19. The van der Waals surface area contributed by atoms with E-state index in [1.807, 2.05) is 42.2 Å². The molecule has 1 aromatic heterocycles. The Labute approximate surface area is 171 Å². The number of nitrogens with one attached hydrogen (secondary N) is 1. The van der Waals surface area contributed by atoms with Crippen LogP contribution in [-0.2, 0) is 16.0 Å². The van der Waals surface area contributed by atoms with Gasteiger partial charge in [0.25, 0.3) is 0 Å². The molecule has 0 bridgehead atoms. The number of aromatic nitrogens is 2. The van der Waals surface area contributed by atoms with Gasteiger partial charge in [-0.05, 0) is 48.1 Å². The number of hydrogen-bond donors (Lipinski definition) is 1. The molecule has 0 spiro atoms. The summed E-state index contributed by atoms with van der Waals surface area (Å²) in [5.74, 6) is 0.571. The molecule has 29 heavy (non-hydrogen) atoms. The van der Waals surface area contributed by atoms with Crippen LogP contribution in [0.3, 0.4) is 0 Å². The molecule has 1 atom stereocenters. The van der Waals surface area contributed by atoms with Gasteiger partial charge < -0.3 is 4.90 Å². The van der Waals surface area contributed by atoms with Crippen molar-refractivity contribution in [1.82, 2.24) is 15.1 Å². The Kier molecular flexibility index (Phi) is 5.47. The van der Waals surface area contributed by atoms with Gasteiger partial charge in [0.1, 0.15) is 5.78 Å². The number of hydrogen-bond acceptors (Lipinski definition) is 3. The second-order valence-corrected chi connectivity index (χ2v) is 8.06. The Morgan fingerprint density at radius 1 is 1.31 bits per heavy atom. The van der Waals surface area contributed by atoms with Crippen molar-refractivity contribution in [2.75, 3.05) is 13.1 Å². The van der Waals surface area contributed by atoms with Crippen LogP contribution < -0.4 is 0 Å². The highest BCUT2D eigenvalue weighted by atomic mass is 16.2. The van der Waals surface area contributed by atoms with E-state index in [-0.39, 0.29) is 17.6 Å². The largest absolute Gasteiger partial charge is 0.335 e. The Morgan fingerprint density at radius 2 is 2.07 bits per heavy atom. The van der Waals surface area contributed by atoms with Crippen molar-refractivity contribution in [2.24, 2.45) is 0 Å². The lowest BCUT2D eigenvalue weighted by molar-refractivity contribution is -0.125. The Hall–Kier alpha value is -2.95. The van der Waals surface area contributed by atoms with Crippen LogP contribution in [0.5, 0.6) is 0 Å². The lowest BCUT2D eigenvalue weighted by Crippen LogP contribution is -2.34. The molecule has 150 valence electrons. The van der Waals surface area contributed by atoms with Crippen molar-refractivity contribution >= 4 is 17.3 Å². The molecule has 5 nitrogen and oxygen atoms in total. The SMILES string of the molecule is C=CC(=O)N1CCC=C(c2ccc([C@H](C)C(=O)Cc3cc(C4CC4)n[nH]3)cc2)C1. The van der Waals surface area contributed by atoms with Gasteiger partial charge in [-0.25, -0.2) is 0 Å². The smallest absolute Gasteiger partial charge is 0.246 e. The summed E-state index contributed by atoms with van der Waals surface area (Å²) in [6, 6.07) is 10.2. The summed E-state index contributed by atoms with van der Waals surface area (Å²) in [7, 11) is 0. The third-order valence-corrected chi connectivity index (χ3v) is 5.91. The van der Waals surface area contributed by atoms with Gasteiger partial charge in [0, 0.05) is 37.0 Å². The van der Waals surface area contributed by atoms with Crippen LogP contribution in [0.4, 0.5) is 0 Å². The molecular formula is C24H27N3O2. The Morgan fingerprint density at radius 3 is 2.76 bits per heavy atom. The maximum absolute atomic E-state index is 12.7. The fourth-order valence-corrected chi connectivity index (χ4v) is 3.84. The first-order valence-corrected chi connectivity index (χ1v) is 10.3. The van der Waals surface area contributed by atoms with Crippen LogP contribution in [0.2, 0.25) is 0 Å². The number of aromatic amines is 1. The average Bonchev–Trinajstić information content (AvgIpc) is 3.52. The summed E-state index contributed by atoms with van der Waals surface area (Å²) in [6.45, 7) is 6.86. The molecule has 2 aliphatic rings. The monoisotopic (exact) mass is 389 g/mol. The van der Waals surface area contributed by atoms with E-state index < -0.39 is 0 Å². The van der Waals surface area contributed by atoms with Crippen LogP contribution in [0, 0.1) is 0 Å². The molecule has 4 rings (SSSR count). The van der Waals surface area contributed by atoms with Gasteiger partial charge in [-0.2, -0.15) is 5.10 Å². The maximum Gasteiger partial charge on any atom is 0.246 e. The zero-order valence-corrected chi connectivity index (χ0v) is 16.9. The van der Waals surface area contributed by atoms with Gasteiger partial charge in [-0.3, -0.25) is 14.7 Å². The zero-order valence-electron chi connectivity index (χ0n) is 16.9. The number of nitrogens with zero attached hydrogens (tertiary/aromatic N) is 2. The topological polar surface area (TPSA) is 66.1 Å². The predicted molar refractivity (Wildman–Crippen MR) is 114 cm³/mol. The van der Waals surface area contributed by atoms with E-state index in [9.17, 15) is 9.59 Å². The molecule has 0 unspecified atom stereocenters. The number of amides is 1. The van der Waals surface area contributed by atoms with Crippen molar-refractivity contribution in [3.05, 3.63) is 71.6 Å². The molecule has 1 N–H and O–H groups in total.